The Morgan fingerprint density at radius 3 is 2.50 bits per heavy atom. The van der Waals surface area contributed by atoms with Crippen molar-refractivity contribution in [3.05, 3.63) is 29.3 Å². The van der Waals surface area contributed by atoms with Gasteiger partial charge in [-0.2, -0.15) is 0 Å². The fraction of sp³-hybridized carbons (Fsp3) is 0.462. The number of nitrogens with two attached hydrogens (primary N) is 1. The number of hydrogen-bond donors (Lipinski definition) is 2. The molecular formula is C13H17F2N3O2. The molecule has 5 nitrogen and oxygen atoms in total. The van der Waals surface area contributed by atoms with Gasteiger partial charge in [-0.05, 0) is 12.1 Å². The van der Waals surface area contributed by atoms with Crippen LogP contribution in [0.5, 0.6) is 0 Å². The summed E-state index contributed by atoms with van der Waals surface area (Å²) in [6.07, 6.45) is 0. The van der Waals surface area contributed by atoms with Crippen molar-refractivity contribution in [1.29, 1.82) is 0 Å². The highest BCUT2D eigenvalue weighted by Crippen LogP contribution is 2.21. The van der Waals surface area contributed by atoms with E-state index in [0.29, 0.717) is 32.7 Å². The molecule has 0 unspecified atom stereocenters. The monoisotopic (exact) mass is 285 g/mol. The van der Waals surface area contributed by atoms with Crippen LogP contribution in [0.3, 0.4) is 0 Å². The van der Waals surface area contributed by atoms with Crippen LogP contribution in [-0.4, -0.2) is 60.1 Å². The summed E-state index contributed by atoms with van der Waals surface area (Å²) in [4.78, 5) is 15.6. The van der Waals surface area contributed by atoms with Crippen molar-refractivity contribution in [2.75, 3.05) is 45.1 Å². The summed E-state index contributed by atoms with van der Waals surface area (Å²) in [5.74, 6) is -2.59. The molecule has 0 aliphatic carbocycles. The van der Waals surface area contributed by atoms with Crippen molar-refractivity contribution < 1.29 is 18.7 Å². The topological polar surface area (TPSA) is 69.8 Å². The number of aliphatic hydroxyl groups excluding tert-OH is 1. The van der Waals surface area contributed by atoms with E-state index >= 15 is 0 Å². The Hall–Kier alpha value is -1.73. The Morgan fingerprint density at radius 2 is 1.90 bits per heavy atom. The van der Waals surface area contributed by atoms with E-state index in [1.54, 1.807) is 0 Å². The largest absolute Gasteiger partial charge is 0.396 e. The van der Waals surface area contributed by atoms with Gasteiger partial charge in [-0.25, -0.2) is 8.78 Å². The average molecular weight is 285 g/mol. The lowest BCUT2D eigenvalue weighted by molar-refractivity contribution is 0.0606. The maximum Gasteiger partial charge on any atom is 0.259 e. The Labute approximate surface area is 115 Å². The highest BCUT2D eigenvalue weighted by molar-refractivity contribution is 5.95. The zero-order valence-electron chi connectivity index (χ0n) is 11.0. The number of anilines is 1. The molecule has 7 heteroatoms. The van der Waals surface area contributed by atoms with E-state index < -0.39 is 23.1 Å². The molecule has 1 aliphatic heterocycles. The van der Waals surface area contributed by atoms with Crippen molar-refractivity contribution in [3.8, 4) is 0 Å². The van der Waals surface area contributed by atoms with Crippen molar-refractivity contribution in [2.24, 2.45) is 0 Å². The SMILES string of the molecule is Nc1ccc(F)c(C(=O)N2CCN(CCO)CC2)c1F. The lowest BCUT2D eigenvalue weighted by atomic mass is 10.1. The third kappa shape index (κ3) is 2.88. The zero-order chi connectivity index (χ0) is 14.7. The maximum atomic E-state index is 13.8. The Bertz CT molecular complexity index is 503. The highest BCUT2D eigenvalue weighted by Gasteiger charge is 2.27. The van der Waals surface area contributed by atoms with Gasteiger partial charge < -0.3 is 15.7 Å². The first kappa shape index (κ1) is 14.7. The van der Waals surface area contributed by atoms with E-state index in [1.165, 1.54) is 4.90 Å². The van der Waals surface area contributed by atoms with Crippen LogP contribution in [0, 0.1) is 11.6 Å². The van der Waals surface area contributed by atoms with Gasteiger partial charge in [0.2, 0.25) is 0 Å². The van der Waals surface area contributed by atoms with Crippen LogP contribution in [0.4, 0.5) is 14.5 Å². The van der Waals surface area contributed by atoms with E-state index in [4.69, 9.17) is 10.8 Å². The second kappa shape index (κ2) is 6.15. The zero-order valence-corrected chi connectivity index (χ0v) is 11.0. The highest BCUT2D eigenvalue weighted by atomic mass is 19.1. The molecule has 0 aromatic heterocycles. The second-order valence-electron chi connectivity index (χ2n) is 4.68. The molecule has 0 atom stereocenters. The standard InChI is InChI=1S/C13H17F2N3O2/c14-9-1-2-10(16)12(15)11(9)13(20)18-5-3-17(4-6-18)7-8-19/h1-2,19H,3-8,16H2. The third-order valence-corrected chi connectivity index (χ3v) is 3.41. The van der Waals surface area contributed by atoms with Gasteiger partial charge in [0.15, 0.2) is 5.82 Å². The summed E-state index contributed by atoms with van der Waals surface area (Å²) in [6, 6.07) is 2.09. The first-order chi connectivity index (χ1) is 9.54. The average Bonchev–Trinajstić information content (AvgIpc) is 2.44. The Balaban J connectivity index is 2.12. The molecule has 1 aromatic carbocycles. The third-order valence-electron chi connectivity index (χ3n) is 3.41. The summed E-state index contributed by atoms with van der Waals surface area (Å²) in [6.45, 7) is 2.45. The van der Waals surface area contributed by atoms with Gasteiger partial charge in [-0.3, -0.25) is 9.69 Å². The van der Waals surface area contributed by atoms with Crippen LogP contribution >= 0.6 is 0 Å². The number of hydrogen-bond acceptors (Lipinski definition) is 4. The molecule has 0 bridgehead atoms. The number of carbonyl (C=O) groups excluding carboxylic acids is 1. The smallest absolute Gasteiger partial charge is 0.259 e. The first-order valence-corrected chi connectivity index (χ1v) is 6.40. The number of nitrogen functional groups attached to an aromatic ring is 1. The van der Waals surface area contributed by atoms with Crippen LogP contribution in [-0.2, 0) is 0 Å². The molecule has 1 saturated heterocycles. The normalized spacial score (nSPS) is 16.4. The number of β-amino-alcohol motifs (C(OH)–C–C–N with tert-alkyl or cyclic N) is 1. The van der Waals surface area contributed by atoms with Crippen molar-refractivity contribution in [2.45, 2.75) is 0 Å². The Kier molecular flexibility index (Phi) is 4.51. The van der Waals surface area contributed by atoms with Gasteiger partial charge in [0.25, 0.3) is 5.91 Å². The minimum absolute atomic E-state index is 0.0480. The van der Waals surface area contributed by atoms with Crippen LogP contribution in [0.2, 0.25) is 0 Å². The maximum absolute atomic E-state index is 13.8. The molecule has 3 N–H and O–H groups in total. The number of halogens is 2. The molecule has 20 heavy (non-hydrogen) atoms. The minimum Gasteiger partial charge on any atom is -0.396 e. The molecular weight excluding hydrogens is 268 g/mol. The molecule has 1 aromatic rings. The second-order valence-corrected chi connectivity index (χ2v) is 4.68. The Morgan fingerprint density at radius 1 is 1.25 bits per heavy atom. The number of amides is 1. The quantitative estimate of drug-likeness (QED) is 0.784. The number of benzene rings is 1. The minimum atomic E-state index is -1.01. The molecule has 2 rings (SSSR count). The first-order valence-electron chi connectivity index (χ1n) is 6.40. The fourth-order valence-corrected chi connectivity index (χ4v) is 2.24. The van der Waals surface area contributed by atoms with Gasteiger partial charge in [0, 0.05) is 32.7 Å². The van der Waals surface area contributed by atoms with Crippen molar-refractivity contribution in [3.63, 3.8) is 0 Å². The molecule has 1 amide bonds. The van der Waals surface area contributed by atoms with E-state index in [2.05, 4.69) is 0 Å². The summed E-state index contributed by atoms with van der Waals surface area (Å²) in [5.41, 5.74) is 4.53. The fourth-order valence-electron chi connectivity index (χ4n) is 2.24. The van der Waals surface area contributed by atoms with E-state index in [9.17, 15) is 13.6 Å². The van der Waals surface area contributed by atoms with Crippen LogP contribution in [0.15, 0.2) is 12.1 Å². The number of nitrogens with zero attached hydrogens (tertiary/aromatic N) is 2. The molecule has 1 fully saturated rings. The number of carbonyl (C=O) groups is 1. The summed E-state index contributed by atoms with van der Waals surface area (Å²) in [5, 5.41) is 8.84. The van der Waals surface area contributed by atoms with E-state index in [0.717, 1.165) is 12.1 Å². The summed E-state index contributed by atoms with van der Waals surface area (Å²) in [7, 11) is 0. The van der Waals surface area contributed by atoms with Gasteiger partial charge in [0.1, 0.15) is 11.4 Å². The van der Waals surface area contributed by atoms with E-state index in [1.807, 2.05) is 4.90 Å². The lowest BCUT2D eigenvalue weighted by Crippen LogP contribution is -2.49. The molecule has 1 heterocycles. The lowest BCUT2D eigenvalue weighted by Gasteiger charge is -2.34. The van der Waals surface area contributed by atoms with Crippen LogP contribution in [0.25, 0.3) is 0 Å². The van der Waals surface area contributed by atoms with Gasteiger partial charge >= 0.3 is 0 Å². The molecule has 0 radical (unpaired) electrons. The van der Waals surface area contributed by atoms with Gasteiger partial charge in [0.05, 0.1) is 12.3 Å². The van der Waals surface area contributed by atoms with E-state index in [-0.39, 0.29) is 12.3 Å². The summed E-state index contributed by atoms with van der Waals surface area (Å²) >= 11 is 0. The molecule has 0 spiro atoms. The van der Waals surface area contributed by atoms with Crippen molar-refractivity contribution >= 4 is 11.6 Å². The van der Waals surface area contributed by atoms with Gasteiger partial charge in [-0.15, -0.1) is 0 Å². The predicted octanol–water partition coefficient (Wildman–Crippen LogP) is 0.297. The number of aliphatic hydroxyl groups is 1. The number of rotatable bonds is 3. The predicted molar refractivity (Wildman–Crippen MR) is 70.2 cm³/mol. The van der Waals surface area contributed by atoms with Crippen molar-refractivity contribution in [1.82, 2.24) is 9.80 Å². The number of piperazine rings is 1. The summed E-state index contributed by atoms with van der Waals surface area (Å²) < 4.78 is 27.5. The van der Waals surface area contributed by atoms with Gasteiger partial charge in [-0.1, -0.05) is 0 Å². The van der Waals surface area contributed by atoms with Crippen LogP contribution in [0.1, 0.15) is 10.4 Å². The van der Waals surface area contributed by atoms with Crippen LogP contribution < -0.4 is 5.73 Å². The molecule has 1 aliphatic rings. The molecule has 110 valence electrons. The molecule has 0 saturated carbocycles.